The smallest absolute Gasteiger partial charge is 0.312 e. The van der Waals surface area contributed by atoms with Crippen LogP contribution in [0.2, 0.25) is 0 Å². The first-order valence-electron chi connectivity index (χ1n) is 6.35. The maximum absolute atomic E-state index is 11.5. The fourth-order valence-electron chi connectivity index (χ4n) is 1.66. The van der Waals surface area contributed by atoms with Crippen LogP contribution in [0.5, 0.6) is 5.88 Å². The molecule has 0 N–H and O–H groups in total. The molecule has 0 amide bonds. The lowest BCUT2D eigenvalue weighted by molar-refractivity contribution is -0.134. The first kappa shape index (κ1) is 13.3. The van der Waals surface area contributed by atoms with Crippen molar-refractivity contribution in [2.45, 2.75) is 33.6 Å². The number of ether oxygens (including phenoxy) is 1. The molecule has 0 aliphatic rings. The fraction of sp³-hybridized carbons (Fsp3) is 0.333. The number of esters is 1. The molecule has 2 rings (SSSR count). The van der Waals surface area contributed by atoms with E-state index in [0.717, 1.165) is 12.0 Å². The Balaban J connectivity index is 2.21. The normalized spacial score (nSPS) is 10.5. The van der Waals surface area contributed by atoms with Gasteiger partial charge in [-0.25, -0.2) is 0 Å². The average Bonchev–Trinajstić information content (AvgIpc) is 2.72. The Bertz CT molecular complexity index is 570. The van der Waals surface area contributed by atoms with Gasteiger partial charge in [0.1, 0.15) is 0 Å². The minimum Gasteiger partial charge on any atom is -0.437 e. The summed E-state index contributed by atoms with van der Waals surface area (Å²) < 4.78 is 10.7. The molecule has 1 aromatic heterocycles. The van der Waals surface area contributed by atoms with Crippen molar-refractivity contribution in [2.24, 2.45) is 0 Å². The van der Waals surface area contributed by atoms with Gasteiger partial charge in [-0.2, -0.15) is 4.98 Å². The number of oxazole rings is 1. The highest BCUT2D eigenvalue weighted by atomic mass is 16.6. The van der Waals surface area contributed by atoms with Gasteiger partial charge in [0.25, 0.3) is 5.88 Å². The molecule has 2 aromatic rings. The van der Waals surface area contributed by atoms with E-state index in [1.54, 1.807) is 6.92 Å². The number of hydrogen-bond acceptors (Lipinski definition) is 4. The molecular formula is C15H17NO3. The summed E-state index contributed by atoms with van der Waals surface area (Å²) in [5.74, 6) is 0.959. The number of hydrogen-bond donors (Lipinski definition) is 0. The number of aromatic nitrogens is 1. The third-order valence-corrected chi connectivity index (χ3v) is 2.72. The van der Waals surface area contributed by atoms with Crippen molar-refractivity contribution in [3.05, 3.63) is 35.6 Å². The van der Waals surface area contributed by atoms with Crippen LogP contribution < -0.4 is 4.74 Å². The van der Waals surface area contributed by atoms with Gasteiger partial charge >= 0.3 is 5.97 Å². The van der Waals surface area contributed by atoms with Crippen LogP contribution in [0, 0.1) is 13.8 Å². The van der Waals surface area contributed by atoms with Gasteiger partial charge < -0.3 is 9.15 Å². The molecule has 0 aliphatic carbocycles. The van der Waals surface area contributed by atoms with Gasteiger partial charge in [-0.05, 0) is 32.4 Å². The van der Waals surface area contributed by atoms with Crippen molar-refractivity contribution in [1.82, 2.24) is 4.98 Å². The Morgan fingerprint density at radius 2 is 1.95 bits per heavy atom. The summed E-state index contributed by atoms with van der Waals surface area (Å²) in [6, 6.07) is 7.83. The monoisotopic (exact) mass is 259 g/mol. The Hall–Kier alpha value is -2.10. The summed E-state index contributed by atoms with van der Waals surface area (Å²) >= 11 is 0. The second kappa shape index (κ2) is 5.69. The summed E-state index contributed by atoms with van der Waals surface area (Å²) in [5, 5.41) is 0. The van der Waals surface area contributed by atoms with Gasteiger partial charge in [-0.3, -0.25) is 4.79 Å². The Labute approximate surface area is 112 Å². The van der Waals surface area contributed by atoms with E-state index in [2.05, 4.69) is 4.98 Å². The molecule has 1 aromatic carbocycles. The van der Waals surface area contributed by atoms with Crippen molar-refractivity contribution >= 4 is 5.97 Å². The first-order chi connectivity index (χ1) is 9.10. The largest absolute Gasteiger partial charge is 0.437 e. The first-order valence-corrected chi connectivity index (χ1v) is 6.35. The zero-order valence-corrected chi connectivity index (χ0v) is 11.4. The number of rotatable bonds is 4. The molecule has 0 fully saturated rings. The van der Waals surface area contributed by atoms with Crippen LogP contribution in [0.3, 0.4) is 0 Å². The standard InChI is InChI=1S/C15H17NO3/c1-4-5-13(17)19-14-11(3)18-15(16-14)12-8-6-10(2)7-9-12/h6-9H,4-5H2,1-3H3. The van der Waals surface area contributed by atoms with Crippen molar-refractivity contribution in [2.75, 3.05) is 0 Å². The Morgan fingerprint density at radius 3 is 2.58 bits per heavy atom. The molecule has 0 aliphatic heterocycles. The van der Waals surface area contributed by atoms with Gasteiger partial charge in [-0.15, -0.1) is 0 Å². The summed E-state index contributed by atoms with van der Waals surface area (Å²) in [6.07, 6.45) is 1.13. The molecule has 1 heterocycles. The van der Waals surface area contributed by atoms with Crippen molar-refractivity contribution in [3.63, 3.8) is 0 Å². The Morgan fingerprint density at radius 1 is 1.26 bits per heavy atom. The van der Waals surface area contributed by atoms with Gasteiger partial charge in [0.05, 0.1) is 0 Å². The summed E-state index contributed by atoms with van der Waals surface area (Å²) in [7, 11) is 0. The summed E-state index contributed by atoms with van der Waals surface area (Å²) in [6.45, 7) is 5.68. The molecule has 4 heteroatoms. The minimum absolute atomic E-state index is 0.258. The molecule has 0 radical (unpaired) electrons. The number of nitrogens with zero attached hydrogens (tertiary/aromatic N) is 1. The maximum atomic E-state index is 11.5. The number of carbonyl (C=O) groups is 1. The second-order valence-corrected chi connectivity index (χ2v) is 4.47. The van der Waals surface area contributed by atoms with E-state index < -0.39 is 0 Å². The predicted octanol–water partition coefficient (Wildman–Crippen LogP) is 3.66. The molecule has 0 spiro atoms. The molecule has 19 heavy (non-hydrogen) atoms. The van der Waals surface area contributed by atoms with Crippen LogP contribution in [0.25, 0.3) is 11.5 Å². The summed E-state index contributed by atoms with van der Waals surface area (Å²) in [4.78, 5) is 15.7. The number of carbonyl (C=O) groups excluding carboxylic acids is 1. The Kier molecular flexibility index (Phi) is 4.00. The quantitative estimate of drug-likeness (QED) is 0.786. The lowest BCUT2D eigenvalue weighted by atomic mass is 10.1. The van der Waals surface area contributed by atoms with Crippen LogP contribution in [-0.4, -0.2) is 11.0 Å². The van der Waals surface area contributed by atoms with E-state index in [0.29, 0.717) is 18.1 Å². The van der Waals surface area contributed by atoms with Crippen LogP contribution in [0.1, 0.15) is 31.1 Å². The molecule has 0 unspecified atom stereocenters. The highest BCUT2D eigenvalue weighted by Crippen LogP contribution is 2.26. The van der Waals surface area contributed by atoms with Crippen LogP contribution in [0.15, 0.2) is 28.7 Å². The van der Waals surface area contributed by atoms with Crippen LogP contribution >= 0.6 is 0 Å². The SMILES string of the molecule is CCCC(=O)Oc1nc(-c2ccc(C)cc2)oc1C. The van der Waals surface area contributed by atoms with Crippen molar-refractivity contribution < 1.29 is 13.9 Å². The van der Waals surface area contributed by atoms with Crippen molar-refractivity contribution in [3.8, 4) is 17.3 Å². The third-order valence-electron chi connectivity index (χ3n) is 2.72. The molecular weight excluding hydrogens is 242 g/mol. The second-order valence-electron chi connectivity index (χ2n) is 4.47. The molecule has 0 saturated heterocycles. The maximum Gasteiger partial charge on any atom is 0.312 e. The van der Waals surface area contributed by atoms with Crippen LogP contribution in [0.4, 0.5) is 0 Å². The van der Waals surface area contributed by atoms with Gasteiger partial charge in [0.15, 0.2) is 5.76 Å². The minimum atomic E-state index is -0.283. The molecule has 0 saturated carbocycles. The third kappa shape index (κ3) is 3.22. The molecule has 0 bridgehead atoms. The predicted molar refractivity (Wildman–Crippen MR) is 72.0 cm³/mol. The van der Waals surface area contributed by atoms with E-state index in [9.17, 15) is 4.79 Å². The fourth-order valence-corrected chi connectivity index (χ4v) is 1.66. The zero-order valence-electron chi connectivity index (χ0n) is 11.4. The molecule has 4 nitrogen and oxygen atoms in total. The van der Waals surface area contributed by atoms with Gasteiger partial charge in [0.2, 0.25) is 5.89 Å². The highest BCUT2D eigenvalue weighted by Gasteiger charge is 2.15. The number of benzene rings is 1. The molecule has 0 atom stereocenters. The lowest BCUT2D eigenvalue weighted by Crippen LogP contribution is -2.07. The van der Waals surface area contributed by atoms with Crippen LogP contribution in [-0.2, 0) is 4.79 Å². The van der Waals surface area contributed by atoms with Crippen molar-refractivity contribution in [1.29, 1.82) is 0 Å². The highest BCUT2D eigenvalue weighted by molar-refractivity contribution is 5.72. The number of aryl methyl sites for hydroxylation is 2. The zero-order chi connectivity index (χ0) is 13.8. The van der Waals surface area contributed by atoms with E-state index in [4.69, 9.17) is 9.15 Å². The van der Waals surface area contributed by atoms with E-state index in [-0.39, 0.29) is 11.8 Å². The van der Waals surface area contributed by atoms with Gasteiger partial charge in [-0.1, -0.05) is 24.6 Å². The van der Waals surface area contributed by atoms with E-state index >= 15 is 0 Å². The van der Waals surface area contributed by atoms with E-state index in [1.165, 1.54) is 5.56 Å². The molecule has 100 valence electrons. The topological polar surface area (TPSA) is 52.3 Å². The average molecular weight is 259 g/mol. The van der Waals surface area contributed by atoms with E-state index in [1.807, 2.05) is 38.1 Å². The lowest BCUT2D eigenvalue weighted by Gasteiger charge is -1.98. The van der Waals surface area contributed by atoms with Gasteiger partial charge in [0, 0.05) is 12.0 Å². The summed E-state index contributed by atoms with van der Waals surface area (Å²) in [5.41, 5.74) is 2.04.